The molecule has 0 atom stereocenters. The van der Waals surface area contributed by atoms with Crippen molar-refractivity contribution in [1.29, 1.82) is 0 Å². The van der Waals surface area contributed by atoms with E-state index in [0.29, 0.717) is 0 Å². The maximum atomic E-state index is 12.6. The van der Waals surface area contributed by atoms with Crippen LogP contribution in [0.4, 0.5) is 5.69 Å². The van der Waals surface area contributed by atoms with Crippen LogP contribution in [0.5, 0.6) is 0 Å². The summed E-state index contributed by atoms with van der Waals surface area (Å²) in [6, 6.07) is 4.93. The smallest absolute Gasteiger partial charge is 0.343 e. The van der Waals surface area contributed by atoms with Crippen molar-refractivity contribution in [3.05, 3.63) is 50.4 Å². The fourth-order valence-corrected chi connectivity index (χ4v) is 4.00. The van der Waals surface area contributed by atoms with Crippen molar-refractivity contribution in [3.63, 3.8) is 0 Å². The van der Waals surface area contributed by atoms with Gasteiger partial charge in [0.2, 0.25) is 5.78 Å². The molecule has 0 saturated carbocycles. The standard InChI is InChI=1S/C13H9ClN2O5S2/c1-2-21-13(18)9(11-12(14)15-23-22-11)10(17)7-3-5-8(6-4-7)16(19)20/h3-6H,2H2,1H3/b11-9-. The Labute approximate surface area is 143 Å². The lowest BCUT2D eigenvalue weighted by Gasteiger charge is -2.08. The highest BCUT2D eigenvalue weighted by Crippen LogP contribution is 2.43. The van der Waals surface area contributed by atoms with Gasteiger partial charge in [-0.05, 0) is 29.9 Å². The number of Topliss-reactive ketones (excluding diaryl/α,β-unsaturated/α-hetero) is 1. The molecule has 0 radical (unpaired) electrons. The van der Waals surface area contributed by atoms with Crippen molar-refractivity contribution in [3.8, 4) is 0 Å². The van der Waals surface area contributed by atoms with Crippen LogP contribution in [0.1, 0.15) is 17.3 Å². The molecular formula is C13H9ClN2O5S2. The minimum absolute atomic E-state index is 0.0401. The predicted octanol–water partition coefficient (Wildman–Crippen LogP) is 3.54. The SMILES string of the molecule is CCOC(=O)/C(C(=O)c1ccc([N+](=O)[O-])cc1)=C1\SSN=C1Cl. The number of rotatable bonds is 5. The molecule has 7 nitrogen and oxygen atoms in total. The fourth-order valence-electron chi connectivity index (χ4n) is 1.68. The minimum atomic E-state index is -0.811. The van der Waals surface area contributed by atoms with E-state index in [1.165, 1.54) is 24.3 Å². The molecule has 0 fully saturated rings. The Morgan fingerprint density at radius 1 is 1.35 bits per heavy atom. The number of hydrogen-bond acceptors (Lipinski definition) is 8. The quantitative estimate of drug-likeness (QED) is 0.0896. The van der Waals surface area contributed by atoms with Crippen molar-refractivity contribution in [2.45, 2.75) is 6.92 Å². The molecule has 23 heavy (non-hydrogen) atoms. The Morgan fingerprint density at radius 3 is 2.48 bits per heavy atom. The van der Waals surface area contributed by atoms with E-state index in [9.17, 15) is 19.7 Å². The average molecular weight is 373 g/mol. The summed E-state index contributed by atoms with van der Waals surface area (Å²) in [5.74, 6) is -1.44. The number of benzene rings is 1. The number of ketones is 1. The van der Waals surface area contributed by atoms with Crippen LogP contribution in [0.3, 0.4) is 0 Å². The third kappa shape index (κ3) is 3.92. The number of non-ortho nitro benzene ring substituents is 1. The van der Waals surface area contributed by atoms with Crippen LogP contribution in [0.15, 0.2) is 39.1 Å². The Balaban J connectivity index is 2.43. The maximum absolute atomic E-state index is 12.6. The molecule has 1 heterocycles. The van der Waals surface area contributed by atoms with E-state index >= 15 is 0 Å². The fraction of sp³-hybridized carbons (Fsp3) is 0.154. The van der Waals surface area contributed by atoms with Gasteiger partial charge in [-0.15, -0.1) is 0 Å². The van der Waals surface area contributed by atoms with Gasteiger partial charge in [0.15, 0.2) is 5.17 Å². The lowest BCUT2D eigenvalue weighted by atomic mass is 10.0. The summed E-state index contributed by atoms with van der Waals surface area (Å²) in [6.45, 7) is 1.71. The van der Waals surface area contributed by atoms with Gasteiger partial charge in [-0.25, -0.2) is 4.79 Å². The molecule has 10 heteroatoms. The van der Waals surface area contributed by atoms with Gasteiger partial charge in [-0.1, -0.05) is 11.6 Å². The van der Waals surface area contributed by atoms with Crippen LogP contribution < -0.4 is 0 Å². The summed E-state index contributed by atoms with van der Waals surface area (Å²) in [6.07, 6.45) is 0. The van der Waals surface area contributed by atoms with E-state index in [0.717, 1.165) is 21.8 Å². The van der Waals surface area contributed by atoms with E-state index in [4.69, 9.17) is 16.3 Å². The van der Waals surface area contributed by atoms with Gasteiger partial charge in [0.25, 0.3) is 5.69 Å². The Kier molecular flexibility index (Phi) is 5.80. The number of carbonyl (C=O) groups is 2. The summed E-state index contributed by atoms with van der Waals surface area (Å²) < 4.78 is 8.76. The molecule has 0 aliphatic carbocycles. The van der Waals surface area contributed by atoms with Crippen molar-refractivity contribution in [2.75, 3.05) is 6.61 Å². The molecule has 0 unspecified atom stereocenters. The second-order valence-corrected chi connectivity index (χ2v) is 6.31. The largest absolute Gasteiger partial charge is 0.462 e. The number of nitro groups is 1. The highest BCUT2D eigenvalue weighted by atomic mass is 35.5. The van der Waals surface area contributed by atoms with Gasteiger partial charge in [0, 0.05) is 17.7 Å². The lowest BCUT2D eigenvalue weighted by molar-refractivity contribution is -0.384. The van der Waals surface area contributed by atoms with Crippen molar-refractivity contribution in [2.24, 2.45) is 4.40 Å². The topological polar surface area (TPSA) is 98.9 Å². The summed E-state index contributed by atoms with van der Waals surface area (Å²) in [7, 11) is 2.11. The second-order valence-electron chi connectivity index (χ2n) is 4.10. The summed E-state index contributed by atoms with van der Waals surface area (Å²) in [5, 5.41) is 10.7. The van der Waals surface area contributed by atoms with Gasteiger partial charge in [0.05, 0.1) is 27.4 Å². The normalized spacial score (nSPS) is 15.8. The predicted molar refractivity (Wildman–Crippen MR) is 89.6 cm³/mol. The first-order valence-corrected chi connectivity index (χ1v) is 8.72. The van der Waals surface area contributed by atoms with Crippen molar-refractivity contribution < 1.29 is 19.2 Å². The van der Waals surface area contributed by atoms with Gasteiger partial charge >= 0.3 is 5.97 Å². The van der Waals surface area contributed by atoms with E-state index in [1.54, 1.807) is 6.92 Å². The zero-order valence-corrected chi connectivity index (χ0v) is 14.0. The van der Waals surface area contributed by atoms with Crippen LogP contribution in [0.25, 0.3) is 0 Å². The molecular weight excluding hydrogens is 364 g/mol. The highest BCUT2D eigenvalue weighted by Gasteiger charge is 2.30. The zero-order chi connectivity index (χ0) is 17.0. The third-order valence-electron chi connectivity index (χ3n) is 2.70. The van der Waals surface area contributed by atoms with E-state index in [1.807, 2.05) is 0 Å². The first-order chi connectivity index (χ1) is 11.0. The average Bonchev–Trinajstić information content (AvgIpc) is 2.94. The van der Waals surface area contributed by atoms with Crippen molar-refractivity contribution >= 4 is 56.0 Å². The molecule has 0 amide bonds. The first-order valence-electron chi connectivity index (χ1n) is 6.23. The Hall–Kier alpha value is -1.84. The van der Waals surface area contributed by atoms with Gasteiger partial charge in [0.1, 0.15) is 5.57 Å². The Morgan fingerprint density at radius 2 is 2.00 bits per heavy atom. The monoisotopic (exact) mass is 372 g/mol. The highest BCUT2D eigenvalue weighted by molar-refractivity contribution is 8.78. The number of halogens is 1. The van der Waals surface area contributed by atoms with Crippen LogP contribution in [-0.4, -0.2) is 28.5 Å². The number of carbonyl (C=O) groups excluding carboxylic acids is 2. The molecule has 0 N–H and O–H groups in total. The number of nitro benzene ring substituents is 1. The number of hydrogen-bond donors (Lipinski definition) is 0. The van der Waals surface area contributed by atoms with E-state index in [-0.39, 0.29) is 33.5 Å². The molecule has 2 rings (SSSR count). The second kappa shape index (κ2) is 7.62. The minimum Gasteiger partial charge on any atom is -0.462 e. The molecule has 0 aromatic heterocycles. The van der Waals surface area contributed by atoms with Crippen LogP contribution in [-0.2, 0) is 9.53 Å². The number of esters is 1. The van der Waals surface area contributed by atoms with Crippen LogP contribution in [0.2, 0.25) is 0 Å². The van der Waals surface area contributed by atoms with Gasteiger partial charge < -0.3 is 4.74 Å². The number of allylic oxidation sites excluding steroid dienone is 1. The molecule has 0 spiro atoms. The number of nitrogens with zero attached hydrogens (tertiary/aromatic N) is 2. The molecule has 1 aliphatic heterocycles. The summed E-state index contributed by atoms with van der Waals surface area (Å²) >= 11 is 5.92. The molecule has 0 saturated heterocycles. The zero-order valence-electron chi connectivity index (χ0n) is 11.6. The first kappa shape index (κ1) is 17.5. The number of ether oxygens (including phenoxy) is 1. The van der Waals surface area contributed by atoms with Crippen molar-refractivity contribution in [1.82, 2.24) is 0 Å². The van der Waals surface area contributed by atoms with E-state index in [2.05, 4.69) is 4.40 Å². The summed E-state index contributed by atoms with van der Waals surface area (Å²) in [4.78, 5) is 35.0. The van der Waals surface area contributed by atoms with Crippen LogP contribution >= 0.6 is 33.4 Å². The molecule has 1 aromatic carbocycles. The van der Waals surface area contributed by atoms with E-state index < -0.39 is 16.7 Å². The molecule has 120 valence electrons. The third-order valence-corrected chi connectivity index (χ3v) is 5.03. The van der Waals surface area contributed by atoms with Crippen LogP contribution in [0, 0.1) is 10.1 Å². The molecule has 0 bridgehead atoms. The summed E-state index contributed by atoms with van der Waals surface area (Å²) in [5.41, 5.74) is -0.269. The lowest BCUT2D eigenvalue weighted by Crippen LogP contribution is -2.19. The van der Waals surface area contributed by atoms with Gasteiger partial charge in [-0.3, -0.25) is 14.9 Å². The Bertz CT molecular complexity index is 730. The maximum Gasteiger partial charge on any atom is 0.343 e. The van der Waals surface area contributed by atoms with Gasteiger partial charge in [-0.2, -0.15) is 4.40 Å². The molecule has 1 aliphatic rings. The molecule has 1 aromatic rings.